The molecule has 2 heteroatoms. The summed E-state index contributed by atoms with van der Waals surface area (Å²) < 4.78 is 1.07. The van der Waals surface area contributed by atoms with E-state index in [1.807, 2.05) is 32.0 Å². The summed E-state index contributed by atoms with van der Waals surface area (Å²) in [5.41, 5.74) is 0.918. The molecular weight excluding hydrogens is 226 g/mol. The highest BCUT2D eigenvalue weighted by Crippen LogP contribution is 2.22. The lowest BCUT2D eigenvalue weighted by atomic mass is 9.87. The molecule has 1 nitrogen and oxygen atoms in total. The van der Waals surface area contributed by atoms with Gasteiger partial charge in [0.05, 0.1) is 11.5 Å². The molecule has 0 fully saturated rings. The predicted molar refractivity (Wildman–Crippen MR) is 57.2 cm³/mol. The van der Waals surface area contributed by atoms with Crippen molar-refractivity contribution >= 4 is 15.9 Å². The highest BCUT2D eigenvalue weighted by molar-refractivity contribution is 9.10. The average Bonchev–Trinajstić information content (AvgIpc) is 2.03. The molecule has 0 saturated carbocycles. The maximum Gasteiger partial charge on any atom is 0.0687 e. The van der Waals surface area contributed by atoms with E-state index in [0.717, 1.165) is 10.9 Å². The molecule has 1 aromatic carbocycles. The third-order valence-electron chi connectivity index (χ3n) is 1.84. The number of hydrogen-bond acceptors (Lipinski definition) is 1. The van der Waals surface area contributed by atoms with E-state index in [1.54, 1.807) is 0 Å². The number of hydrogen-bond donors (Lipinski definition) is 0. The molecule has 68 valence electrons. The zero-order valence-corrected chi connectivity index (χ0v) is 9.43. The van der Waals surface area contributed by atoms with E-state index in [4.69, 9.17) is 5.26 Å². The number of benzene rings is 1. The highest BCUT2D eigenvalue weighted by Gasteiger charge is 2.16. The molecular formula is C11H12BrN. The van der Waals surface area contributed by atoms with E-state index in [2.05, 4.69) is 28.1 Å². The van der Waals surface area contributed by atoms with Crippen LogP contribution in [-0.2, 0) is 6.42 Å². The third-order valence-corrected chi connectivity index (χ3v) is 2.33. The normalized spacial score (nSPS) is 10.9. The average molecular weight is 238 g/mol. The van der Waals surface area contributed by atoms with Crippen LogP contribution in [0.25, 0.3) is 0 Å². The molecule has 1 aromatic rings. The zero-order valence-electron chi connectivity index (χ0n) is 7.84. The Hall–Kier alpha value is -0.810. The van der Waals surface area contributed by atoms with Crippen molar-refractivity contribution in [3.63, 3.8) is 0 Å². The lowest BCUT2D eigenvalue weighted by Crippen LogP contribution is -2.11. The summed E-state index contributed by atoms with van der Waals surface area (Å²) in [5.74, 6) is 0. The van der Waals surface area contributed by atoms with Gasteiger partial charge in [-0.1, -0.05) is 28.1 Å². The molecule has 13 heavy (non-hydrogen) atoms. The van der Waals surface area contributed by atoms with E-state index in [1.165, 1.54) is 5.56 Å². The number of halogens is 1. The van der Waals surface area contributed by atoms with Crippen molar-refractivity contribution in [2.75, 3.05) is 0 Å². The summed E-state index contributed by atoms with van der Waals surface area (Å²) in [6.07, 6.45) is 0.795. The van der Waals surface area contributed by atoms with Gasteiger partial charge in [0.15, 0.2) is 0 Å². The second kappa shape index (κ2) is 3.93. The van der Waals surface area contributed by atoms with Crippen LogP contribution in [0.15, 0.2) is 28.7 Å². The molecule has 0 radical (unpaired) electrons. The summed E-state index contributed by atoms with van der Waals surface area (Å²) in [6.45, 7) is 3.90. The van der Waals surface area contributed by atoms with Crippen molar-refractivity contribution in [1.82, 2.24) is 0 Å². The Bertz CT molecular complexity index is 336. The van der Waals surface area contributed by atoms with Crippen LogP contribution in [0.1, 0.15) is 19.4 Å². The Morgan fingerprint density at radius 1 is 1.46 bits per heavy atom. The van der Waals surface area contributed by atoms with E-state index in [0.29, 0.717) is 0 Å². The van der Waals surface area contributed by atoms with E-state index < -0.39 is 0 Å². The van der Waals surface area contributed by atoms with Crippen molar-refractivity contribution in [2.45, 2.75) is 20.3 Å². The minimum Gasteiger partial charge on any atom is -0.198 e. The number of rotatable bonds is 2. The van der Waals surface area contributed by atoms with Crippen LogP contribution in [0.4, 0.5) is 0 Å². The van der Waals surface area contributed by atoms with Gasteiger partial charge in [-0.3, -0.25) is 0 Å². The molecule has 1 rings (SSSR count). The first-order valence-corrected chi connectivity index (χ1v) is 4.98. The first-order valence-electron chi connectivity index (χ1n) is 4.19. The molecule has 0 spiro atoms. The molecule has 0 aliphatic rings. The van der Waals surface area contributed by atoms with Crippen molar-refractivity contribution < 1.29 is 0 Å². The van der Waals surface area contributed by atoms with Crippen LogP contribution >= 0.6 is 15.9 Å². The van der Waals surface area contributed by atoms with Crippen LogP contribution in [0.5, 0.6) is 0 Å². The minimum absolute atomic E-state index is 0.277. The maximum absolute atomic E-state index is 8.86. The SMILES string of the molecule is CC(C)(C#N)Cc1cccc(Br)c1. The molecule has 0 aliphatic carbocycles. The van der Waals surface area contributed by atoms with Gasteiger partial charge in [0.25, 0.3) is 0 Å². The van der Waals surface area contributed by atoms with Crippen molar-refractivity contribution in [1.29, 1.82) is 5.26 Å². The Kier molecular flexibility index (Phi) is 3.11. The van der Waals surface area contributed by atoms with Crippen molar-refractivity contribution in [2.24, 2.45) is 5.41 Å². The van der Waals surface area contributed by atoms with Gasteiger partial charge in [0.2, 0.25) is 0 Å². The van der Waals surface area contributed by atoms with Crippen molar-refractivity contribution in [3.05, 3.63) is 34.3 Å². The lowest BCUT2D eigenvalue weighted by molar-refractivity contribution is 0.493. The van der Waals surface area contributed by atoms with Crippen LogP contribution in [-0.4, -0.2) is 0 Å². The van der Waals surface area contributed by atoms with E-state index in [9.17, 15) is 0 Å². The third kappa shape index (κ3) is 3.20. The second-order valence-electron chi connectivity index (χ2n) is 3.80. The monoisotopic (exact) mass is 237 g/mol. The van der Waals surface area contributed by atoms with E-state index >= 15 is 0 Å². The Labute approximate surface area is 87.5 Å². The summed E-state index contributed by atoms with van der Waals surface area (Å²) in [4.78, 5) is 0. The summed E-state index contributed by atoms with van der Waals surface area (Å²) in [6, 6.07) is 10.4. The van der Waals surface area contributed by atoms with Gasteiger partial charge in [-0.25, -0.2) is 0 Å². The van der Waals surface area contributed by atoms with Crippen molar-refractivity contribution in [3.8, 4) is 6.07 Å². The largest absolute Gasteiger partial charge is 0.198 e. The fraction of sp³-hybridized carbons (Fsp3) is 0.364. The zero-order chi connectivity index (χ0) is 9.90. The number of nitrogens with zero attached hydrogens (tertiary/aromatic N) is 1. The van der Waals surface area contributed by atoms with Gasteiger partial charge in [0, 0.05) is 4.47 Å². The molecule has 0 heterocycles. The van der Waals surface area contributed by atoms with Gasteiger partial charge in [0.1, 0.15) is 0 Å². The Morgan fingerprint density at radius 3 is 2.69 bits per heavy atom. The van der Waals surface area contributed by atoms with Gasteiger partial charge in [-0.15, -0.1) is 0 Å². The first-order chi connectivity index (χ1) is 6.03. The standard InChI is InChI=1S/C11H12BrN/c1-11(2,8-13)7-9-4-3-5-10(12)6-9/h3-6H,7H2,1-2H3. The topological polar surface area (TPSA) is 23.8 Å². The molecule has 0 aliphatic heterocycles. The smallest absolute Gasteiger partial charge is 0.0687 e. The maximum atomic E-state index is 8.86. The van der Waals surface area contributed by atoms with Gasteiger partial charge < -0.3 is 0 Å². The van der Waals surface area contributed by atoms with Gasteiger partial charge in [-0.05, 0) is 38.0 Å². The molecule has 0 N–H and O–H groups in total. The van der Waals surface area contributed by atoms with Crippen LogP contribution in [0.2, 0.25) is 0 Å². The molecule has 0 unspecified atom stereocenters. The van der Waals surface area contributed by atoms with E-state index in [-0.39, 0.29) is 5.41 Å². The summed E-state index contributed by atoms with van der Waals surface area (Å²) in [7, 11) is 0. The van der Waals surface area contributed by atoms with Crippen LogP contribution < -0.4 is 0 Å². The predicted octanol–water partition coefficient (Wildman–Crippen LogP) is 3.54. The fourth-order valence-corrected chi connectivity index (χ4v) is 1.64. The van der Waals surface area contributed by atoms with Crippen LogP contribution in [0.3, 0.4) is 0 Å². The van der Waals surface area contributed by atoms with Gasteiger partial charge >= 0.3 is 0 Å². The highest BCUT2D eigenvalue weighted by atomic mass is 79.9. The summed E-state index contributed by atoms with van der Waals surface area (Å²) in [5, 5.41) is 8.86. The van der Waals surface area contributed by atoms with Gasteiger partial charge in [-0.2, -0.15) is 5.26 Å². The lowest BCUT2D eigenvalue weighted by Gasteiger charge is -2.14. The Morgan fingerprint density at radius 2 is 2.15 bits per heavy atom. The minimum atomic E-state index is -0.277. The second-order valence-corrected chi connectivity index (χ2v) is 4.72. The first kappa shape index (κ1) is 10.3. The number of nitriles is 1. The fourth-order valence-electron chi connectivity index (χ4n) is 1.20. The molecule has 0 aromatic heterocycles. The molecule has 0 atom stereocenters. The molecule has 0 amide bonds. The van der Waals surface area contributed by atoms with Crippen LogP contribution in [0, 0.1) is 16.7 Å². The Balaban J connectivity index is 2.82. The summed E-state index contributed by atoms with van der Waals surface area (Å²) >= 11 is 3.41. The quantitative estimate of drug-likeness (QED) is 0.772. The molecule has 0 bridgehead atoms. The molecule has 0 saturated heterocycles.